The van der Waals surface area contributed by atoms with E-state index in [1.165, 1.54) is 5.56 Å². The van der Waals surface area contributed by atoms with Crippen molar-refractivity contribution in [2.45, 2.75) is 37.6 Å². The summed E-state index contributed by atoms with van der Waals surface area (Å²) >= 11 is 0. The van der Waals surface area contributed by atoms with Gasteiger partial charge < -0.3 is 25.8 Å². The summed E-state index contributed by atoms with van der Waals surface area (Å²) in [6.45, 7) is 3.18. The number of nitrogens with one attached hydrogen (secondary N) is 1. The van der Waals surface area contributed by atoms with Gasteiger partial charge in [0.05, 0.1) is 6.61 Å². The van der Waals surface area contributed by atoms with Crippen LogP contribution in [-0.4, -0.2) is 36.1 Å². The lowest BCUT2D eigenvalue weighted by Gasteiger charge is -2.21. The molecule has 3 atom stereocenters. The van der Waals surface area contributed by atoms with Gasteiger partial charge in [-0.05, 0) is 48.7 Å². The van der Waals surface area contributed by atoms with Crippen molar-refractivity contribution in [1.82, 2.24) is 0 Å². The molecule has 0 radical (unpaired) electrons. The first-order valence-electron chi connectivity index (χ1n) is 9.37. The third kappa shape index (κ3) is 3.56. The number of benzene rings is 2. The van der Waals surface area contributed by atoms with Gasteiger partial charge in [0.1, 0.15) is 0 Å². The second-order valence-corrected chi connectivity index (χ2v) is 7.36. The number of anilines is 2. The first kappa shape index (κ1) is 18.0. The lowest BCUT2D eigenvalue weighted by molar-refractivity contribution is -0.0573. The zero-order valence-electron chi connectivity index (χ0n) is 15.4. The lowest BCUT2D eigenvalue weighted by atomic mass is 10.0. The Hall–Kier alpha value is -2.41. The van der Waals surface area contributed by atoms with E-state index in [1.54, 1.807) is 23.1 Å². The SMILES string of the molecule is CC[C@@]1(N)C[C@H]1c1ccc(NC(=O)c2cccc(N3CCOC3O)c2)cc1. The van der Waals surface area contributed by atoms with Crippen LogP contribution in [0.2, 0.25) is 0 Å². The predicted molar refractivity (Wildman–Crippen MR) is 105 cm³/mol. The van der Waals surface area contributed by atoms with E-state index in [-0.39, 0.29) is 11.4 Å². The van der Waals surface area contributed by atoms with Crippen molar-refractivity contribution in [3.8, 4) is 0 Å². The van der Waals surface area contributed by atoms with Crippen LogP contribution in [0.4, 0.5) is 11.4 Å². The molecule has 1 saturated carbocycles. The Kier molecular flexibility index (Phi) is 4.63. The smallest absolute Gasteiger partial charge is 0.255 e. The normalized spacial score (nSPS) is 26.9. The van der Waals surface area contributed by atoms with Gasteiger partial charge in [0.25, 0.3) is 5.91 Å². The van der Waals surface area contributed by atoms with E-state index in [0.29, 0.717) is 24.6 Å². The summed E-state index contributed by atoms with van der Waals surface area (Å²) in [4.78, 5) is 14.3. The van der Waals surface area contributed by atoms with Crippen LogP contribution in [0.1, 0.15) is 41.6 Å². The lowest BCUT2D eigenvalue weighted by Crippen LogP contribution is -2.29. The molecule has 2 aromatic rings. The van der Waals surface area contributed by atoms with Crippen molar-refractivity contribution >= 4 is 17.3 Å². The van der Waals surface area contributed by atoms with Crippen molar-refractivity contribution in [2.75, 3.05) is 23.4 Å². The van der Waals surface area contributed by atoms with E-state index >= 15 is 0 Å². The zero-order valence-corrected chi connectivity index (χ0v) is 15.4. The largest absolute Gasteiger partial charge is 0.351 e. The van der Waals surface area contributed by atoms with Crippen LogP contribution in [-0.2, 0) is 4.74 Å². The molecule has 6 heteroatoms. The molecule has 0 aromatic heterocycles. The van der Waals surface area contributed by atoms with Gasteiger partial charge in [0, 0.05) is 34.9 Å². The summed E-state index contributed by atoms with van der Waals surface area (Å²) < 4.78 is 5.15. The van der Waals surface area contributed by atoms with Gasteiger partial charge in [-0.15, -0.1) is 0 Å². The average Bonchev–Trinajstić information content (AvgIpc) is 3.19. The van der Waals surface area contributed by atoms with Gasteiger partial charge in [-0.25, -0.2) is 0 Å². The summed E-state index contributed by atoms with van der Waals surface area (Å²) in [6.07, 6.45) is 1.04. The minimum atomic E-state index is -0.962. The van der Waals surface area contributed by atoms with Crippen LogP contribution < -0.4 is 16.0 Å². The Labute approximate surface area is 158 Å². The first-order chi connectivity index (χ1) is 13.0. The number of carbonyl (C=O) groups is 1. The van der Waals surface area contributed by atoms with E-state index in [2.05, 4.69) is 12.2 Å². The molecule has 4 rings (SSSR count). The molecular weight excluding hydrogens is 342 g/mol. The van der Waals surface area contributed by atoms with Gasteiger partial charge in [0.2, 0.25) is 6.41 Å². The quantitative estimate of drug-likeness (QED) is 0.756. The van der Waals surface area contributed by atoms with Crippen molar-refractivity contribution in [3.05, 3.63) is 59.7 Å². The van der Waals surface area contributed by atoms with E-state index in [1.807, 2.05) is 30.3 Å². The summed E-state index contributed by atoms with van der Waals surface area (Å²) in [6, 6.07) is 15.1. The molecule has 1 amide bonds. The molecule has 2 aliphatic rings. The molecule has 2 aromatic carbocycles. The molecule has 1 unspecified atom stereocenters. The van der Waals surface area contributed by atoms with E-state index in [9.17, 15) is 9.90 Å². The van der Waals surface area contributed by atoms with Crippen LogP contribution in [0.15, 0.2) is 48.5 Å². The fourth-order valence-corrected chi connectivity index (χ4v) is 3.70. The number of aliphatic hydroxyl groups excluding tert-OH is 1. The van der Waals surface area contributed by atoms with Crippen molar-refractivity contribution in [3.63, 3.8) is 0 Å². The molecule has 1 heterocycles. The van der Waals surface area contributed by atoms with Gasteiger partial charge in [-0.3, -0.25) is 4.79 Å². The second-order valence-electron chi connectivity index (χ2n) is 7.36. The van der Waals surface area contributed by atoms with E-state index in [4.69, 9.17) is 10.5 Å². The summed E-state index contributed by atoms with van der Waals surface area (Å²) in [7, 11) is 0. The number of ether oxygens (including phenoxy) is 1. The van der Waals surface area contributed by atoms with Gasteiger partial charge >= 0.3 is 0 Å². The number of nitrogens with zero attached hydrogens (tertiary/aromatic N) is 1. The molecule has 142 valence electrons. The van der Waals surface area contributed by atoms with E-state index in [0.717, 1.165) is 24.2 Å². The number of amides is 1. The van der Waals surface area contributed by atoms with Crippen molar-refractivity contribution in [1.29, 1.82) is 0 Å². The Balaban J connectivity index is 1.43. The Bertz CT molecular complexity index is 839. The van der Waals surface area contributed by atoms with Gasteiger partial charge in [-0.1, -0.05) is 25.1 Å². The maximum Gasteiger partial charge on any atom is 0.255 e. The Morgan fingerprint density at radius 3 is 2.74 bits per heavy atom. The molecule has 0 spiro atoms. The van der Waals surface area contributed by atoms with Crippen LogP contribution in [0.3, 0.4) is 0 Å². The van der Waals surface area contributed by atoms with Gasteiger partial charge in [0.15, 0.2) is 0 Å². The highest BCUT2D eigenvalue weighted by Crippen LogP contribution is 2.51. The van der Waals surface area contributed by atoms with Crippen LogP contribution in [0.25, 0.3) is 0 Å². The summed E-state index contributed by atoms with van der Waals surface area (Å²) in [5.74, 6) is 0.227. The Morgan fingerprint density at radius 1 is 1.33 bits per heavy atom. The minimum Gasteiger partial charge on any atom is -0.351 e. The number of hydrogen-bond acceptors (Lipinski definition) is 5. The Morgan fingerprint density at radius 2 is 2.11 bits per heavy atom. The summed E-state index contributed by atoms with van der Waals surface area (Å²) in [5, 5.41) is 12.8. The van der Waals surface area contributed by atoms with Crippen LogP contribution >= 0.6 is 0 Å². The van der Waals surface area contributed by atoms with E-state index < -0.39 is 6.41 Å². The molecule has 1 saturated heterocycles. The fourth-order valence-electron chi connectivity index (χ4n) is 3.70. The third-order valence-corrected chi connectivity index (χ3v) is 5.65. The highest BCUT2D eigenvalue weighted by molar-refractivity contribution is 6.04. The number of aliphatic hydroxyl groups is 1. The molecule has 6 nitrogen and oxygen atoms in total. The highest BCUT2D eigenvalue weighted by Gasteiger charge is 2.49. The van der Waals surface area contributed by atoms with Crippen molar-refractivity contribution in [2.24, 2.45) is 5.73 Å². The molecule has 4 N–H and O–H groups in total. The maximum absolute atomic E-state index is 12.6. The zero-order chi connectivity index (χ0) is 19.0. The standard InChI is InChI=1S/C21H25N3O3/c1-2-21(22)13-18(21)14-6-8-16(9-7-14)23-19(25)15-4-3-5-17(12-15)24-10-11-27-20(24)26/h3-9,12,18,20,26H,2,10-11,13,22H2,1H3,(H,23,25)/t18-,20?,21+/m0/s1. The first-order valence-corrected chi connectivity index (χ1v) is 9.37. The molecular formula is C21H25N3O3. The monoisotopic (exact) mass is 367 g/mol. The average molecular weight is 367 g/mol. The number of rotatable bonds is 5. The molecule has 1 aliphatic heterocycles. The molecule has 2 fully saturated rings. The third-order valence-electron chi connectivity index (χ3n) is 5.65. The predicted octanol–water partition coefficient (Wildman–Crippen LogP) is 2.65. The number of nitrogens with two attached hydrogens (primary N) is 1. The second kappa shape index (κ2) is 6.96. The molecule has 1 aliphatic carbocycles. The van der Waals surface area contributed by atoms with Gasteiger partial charge in [-0.2, -0.15) is 0 Å². The molecule has 27 heavy (non-hydrogen) atoms. The van der Waals surface area contributed by atoms with Crippen molar-refractivity contribution < 1.29 is 14.6 Å². The van der Waals surface area contributed by atoms with Crippen LogP contribution in [0.5, 0.6) is 0 Å². The minimum absolute atomic E-state index is 0.0605. The summed E-state index contributed by atoms with van der Waals surface area (Å²) in [5.41, 5.74) is 9.50. The highest BCUT2D eigenvalue weighted by atomic mass is 16.6. The molecule has 0 bridgehead atoms. The van der Waals surface area contributed by atoms with Crippen LogP contribution in [0, 0.1) is 0 Å². The topological polar surface area (TPSA) is 87.8 Å². The number of carbonyl (C=O) groups excluding carboxylic acids is 1. The number of hydrogen-bond donors (Lipinski definition) is 3. The maximum atomic E-state index is 12.6. The fraction of sp³-hybridized carbons (Fsp3) is 0.381.